The molecule has 0 aromatic heterocycles. The molecule has 0 heterocycles. The number of halogens is 1. The van der Waals surface area contributed by atoms with Gasteiger partial charge in [0.2, 0.25) is 0 Å². The van der Waals surface area contributed by atoms with Crippen molar-refractivity contribution in [3.8, 4) is 0 Å². The van der Waals surface area contributed by atoms with Gasteiger partial charge in [-0.25, -0.2) is 0 Å². The smallest absolute Gasteiger partial charge is 0 e. The van der Waals surface area contributed by atoms with Gasteiger partial charge in [0.15, 0.2) is 0 Å². The quantitative estimate of drug-likeness (QED) is 0.349. The van der Waals surface area contributed by atoms with Gasteiger partial charge in [-0.2, -0.15) is 0 Å². The Labute approximate surface area is 52.0 Å². The highest BCUT2D eigenvalue weighted by Crippen LogP contribution is 0.690. The molecule has 0 aliphatic carbocycles. The lowest BCUT2D eigenvalue weighted by atomic mass is 16.0. The molecule has 0 spiro atoms. The highest BCUT2D eigenvalue weighted by Gasteiger charge is 0.00102. The van der Waals surface area contributed by atoms with Crippen LogP contribution >= 0.6 is 12.4 Å². The van der Waals surface area contributed by atoms with E-state index in [1.807, 2.05) is 0 Å². The van der Waals surface area contributed by atoms with Crippen molar-refractivity contribution >= 4 is 46.4 Å². The van der Waals surface area contributed by atoms with Gasteiger partial charge in [-0.05, 0) is 0 Å². The monoisotopic (exact) mass is 106 g/mol. The molecule has 0 saturated carbocycles. The maximum atomic E-state index is 0. The Balaban J connectivity index is 0. The van der Waals surface area contributed by atoms with Crippen molar-refractivity contribution in [2.45, 2.75) is 0 Å². The van der Waals surface area contributed by atoms with Crippen LogP contribution in [0.5, 0.6) is 0 Å². The number of hydrogen-bond donors (Lipinski definition) is 0. The molecule has 4 heavy (non-hydrogen) atoms. The summed E-state index contributed by atoms with van der Waals surface area (Å²) in [5.74, 6) is 0. The first kappa shape index (κ1) is 61.7. The maximum Gasteiger partial charge on any atom is 0 e. The van der Waals surface area contributed by atoms with Gasteiger partial charge < -0.3 is 5.48 Å². The van der Waals surface area contributed by atoms with Crippen molar-refractivity contribution in [2.75, 3.05) is 0 Å². The molecule has 0 aliphatic rings. The van der Waals surface area contributed by atoms with Crippen molar-refractivity contribution in [3.63, 3.8) is 0 Å². The molecule has 0 amide bonds. The topological polar surface area (TPSA) is 31.5 Å². The van der Waals surface area contributed by atoms with Gasteiger partial charge in [-0.15, -0.1) is 12.4 Å². The molecule has 0 rings (SSSR count). The van der Waals surface area contributed by atoms with Crippen LogP contribution in [0.15, 0.2) is 0 Å². The second-order valence-electron chi connectivity index (χ2n) is 0. The molecule has 4 heteroatoms. The van der Waals surface area contributed by atoms with E-state index in [0.29, 0.717) is 0 Å². The Morgan fingerprint density at radius 1 is 1.00 bits per heavy atom. The summed E-state index contributed by atoms with van der Waals surface area (Å²) < 4.78 is 0. The van der Waals surface area contributed by atoms with Crippen LogP contribution in [0.1, 0.15) is 0 Å². The fraction of sp³-hybridized carbons (Fsp3) is 0. The molecular weight excluding hydrogens is 104 g/mol. The molecule has 0 aliphatic heterocycles. The van der Waals surface area contributed by atoms with Crippen LogP contribution in [0.25, 0.3) is 0 Å². The largest absolute Gasteiger partial charge is 0.412 e. The molecule has 0 aromatic rings. The van der Waals surface area contributed by atoms with Crippen molar-refractivity contribution in [2.24, 2.45) is 0 Å². The molecular formula is H3ClMgOSi. The Morgan fingerprint density at radius 3 is 1.00 bits per heavy atom. The predicted molar refractivity (Wildman–Crippen MR) is 22.4 cm³/mol. The Morgan fingerprint density at radius 2 is 1.00 bits per heavy atom. The van der Waals surface area contributed by atoms with Gasteiger partial charge in [0, 0.05) is 34.0 Å². The molecule has 0 fully saturated rings. The van der Waals surface area contributed by atoms with Crippen molar-refractivity contribution in [1.82, 2.24) is 0 Å². The van der Waals surface area contributed by atoms with Crippen LogP contribution in [-0.2, 0) is 0 Å². The Bertz CT molecular complexity index is 8.00. The first-order valence-electron chi connectivity index (χ1n) is 0. The fourth-order valence-corrected chi connectivity index (χ4v) is 0. The molecule has 0 saturated heterocycles. The number of rotatable bonds is 0. The minimum absolute atomic E-state index is 0. The second kappa shape index (κ2) is 29.1. The lowest BCUT2D eigenvalue weighted by molar-refractivity contribution is 0.824. The van der Waals surface area contributed by atoms with Crippen molar-refractivity contribution in [1.29, 1.82) is 0 Å². The summed E-state index contributed by atoms with van der Waals surface area (Å²) in [7, 11) is 0. The maximum absolute atomic E-state index is 0. The molecule has 1 nitrogen and oxygen atoms in total. The van der Waals surface area contributed by atoms with Crippen LogP contribution in [0.4, 0.5) is 0 Å². The average Bonchev–Trinajstić information content (AvgIpc) is 0. The van der Waals surface area contributed by atoms with Gasteiger partial charge in [0.25, 0.3) is 0 Å². The van der Waals surface area contributed by atoms with E-state index in [-0.39, 0.29) is 51.9 Å². The standard InChI is InChI=1S/ClH.Mg.H2O.Si/h1H;;1H2;. The van der Waals surface area contributed by atoms with Crippen LogP contribution < -0.4 is 0 Å². The summed E-state index contributed by atoms with van der Waals surface area (Å²) in [5, 5.41) is 0. The van der Waals surface area contributed by atoms with Crippen molar-refractivity contribution < 1.29 is 5.48 Å². The van der Waals surface area contributed by atoms with E-state index < -0.39 is 0 Å². The molecule has 0 aromatic carbocycles. The molecule has 22 valence electrons. The van der Waals surface area contributed by atoms with E-state index in [1.165, 1.54) is 0 Å². The summed E-state index contributed by atoms with van der Waals surface area (Å²) in [6.45, 7) is 0. The van der Waals surface area contributed by atoms with Gasteiger partial charge in [0.05, 0.1) is 0 Å². The lowest BCUT2D eigenvalue weighted by Gasteiger charge is -0.412. The van der Waals surface area contributed by atoms with Crippen LogP contribution in [0.3, 0.4) is 0 Å². The van der Waals surface area contributed by atoms with Crippen LogP contribution in [0.2, 0.25) is 0 Å². The lowest BCUT2D eigenvalue weighted by Crippen LogP contribution is -0.382. The SMILES string of the molecule is Cl.O.[Mg].[Si]. The average molecular weight is 107 g/mol. The molecule has 6 radical (unpaired) electrons. The van der Waals surface area contributed by atoms with E-state index in [9.17, 15) is 0 Å². The first-order valence-corrected chi connectivity index (χ1v) is 0. The van der Waals surface area contributed by atoms with Gasteiger partial charge in [-0.3, -0.25) is 0 Å². The van der Waals surface area contributed by atoms with E-state index in [0.717, 1.165) is 0 Å². The predicted octanol–water partition coefficient (Wildman–Crippen LogP) is -1.16. The van der Waals surface area contributed by atoms with Gasteiger partial charge >= 0.3 is 0 Å². The van der Waals surface area contributed by atoms with E-state index >= 15 is 0 Å². The summed E-state index contributed by atoms with van der Waals surface area (Å²) in [5.41, 5.74) is 0. The van der Waals surface area contributed by atoms with Crippen LogP contribution in [-0.4, -0.2) is 39.5 Å². The zero-order valence-corrected chi connectivity index (χ0v) is 5.35. The third-order valence-electron chi connectivity index (χ3n) is 0. The Kier molecular flexibility index (Phi) is 449. The summed E-state index contributed by atoms with van der Waals surface area (Å²) in [6.07, 6.45) is 0. The summed E-state index contributed by atoms with van der Waals surface area (Å²) in [6, 6.07) is 0. The van der Waals surface area contributed by atoms with Crippen LogP contribution in [0, 0.1) is 0 Å². The highest BCUT2D eigenvalue weighted by molar-refractivity contribution is 5.85. The molecule has 0 unspecified atom stereocenters. The molecule has 0 atom stereocenters. The van der Waals surface area contributed by atoms with E-state index in [1.54, 1.807) is 0 Å². The highest BCUT2D eigenvalue weighted by atomic mass is 35.5. The fourth-order valence-electron chi connectivity index (χ4n) is 0. The third-order valence-corrected chi connectivity index (χ3v) is 0. The van der Waals surface area contributed by atoms with E-state index in [2.05, 4.69) is 0 Å². The zero-order valence-electron chi connectivity index (χ0n) is 2.12. The Hall–Kier alpha value is 1.23. The third kappa shape index (κ3) is 10.6. The first-order chi connectivity index (χ1) is 0. The minimum Gasteiger partial charge on any atom is -0.412 e. The number of hydrogen-bond acceptors (Lipinski definition) is 0. The second-order valence-corrected chi connectivity index (χ2v) is 0. The molecule has 0 bridgehead atoms. The van der Waals surface area contributed by atoms with Crippen molar-refractivity contribution in [3.05, 3.63) is 0 Å². The summed E-state index contributed by atoms with van der Waals surface area (Å²) >= 11 is 0. The molecule has 2 N–H and O–H groups in total. The summed E-state index contributed by atoms with van der Waals surface area (Å²) in [4.78, 5) is 0. The zero-order chi connectivity index (χ0) is 0. The van der Waals surface area contributed by atoms with E-state index in [4.69, 9.17) is 0 Å². The minimum atomic E-state index is 0. The normalized spacial score (nSPS) is 0. The van der Waals surface area contributed by atoms with Gasteiger partial charge in [-0.1, -0.05) is 0 Å². The van der Waals surface area contributed by atoms with Gasteiger partial charge in [0.1, 0.15) is 0 Å².